The Morgan fingerprint density at radius 1 is 0.857 bits per heavy atom. The predicted molar refractivity (Wildman–Crippen MR) is 129 cm³/mol. The summed E-state index contributed by atoms with van der Waals surface area (Å²) in [5, 5.41) is 2.94. The summed E-state index contributed by atoms with van der Waals surface area (Å²) < 4.78 is 20.7. The Morgan fingerprint density at radius 2 is 1.46 bits per heavy atom. The van der Waals surface area contributed by atoms with Crippen molar-refractivity contribution >= 4 is 18.0 Å². The second-order valence-corrected chi connectivity index (χ2v) is 8.04. The van der Waals surface area contributed by atoms with Crippen molar-refractivity contribution in [3.05, 3.63) is 54.1 Å². The highest BCUT2D eigenvalue weighted by atomic mass is 16.7. The largest absolute Gasteiger partial charge is 0.513 e. The Balaban J connectivity index is 1.35. The van der Waals surface area contributed by atoms with Gasteiger partial charge in [-0.1, -0.05) is 0 Å². The van der Waals surface area contributed by atoms with E-state index in [0.29, 0.717) is 49.2 Å². The number of piperidine rings is 1. The Labute approximate surface area is 205 Å². The smallest absolute Gasteiger partial charge is 0.494 e. The molecule has 2 aromatic carbocycles. The molecule has 0 spiro atoms. The first-order valence-corrected chi connectivity index (χ1v) is 11.8. The number of amides is 2. The topological polar surface area (TPSA) is 103 Å². The highest BCUT2D eigenvalue weighted by molar-refractivity contribution is 5.94. The summed E-state index contributed by atoms with van der Waals surface area (Å²) in [6.07, 6.45) is 0.834. The lowest BCUT2D eigenvalue weighted by Gasteiger charge is -2.32. The fourth-order valence-electron chi connectivity index (χ4n) is 3.68. The molecule has 1 fully saturated rings. The van der Waals surface area contributed by atoms with Crippen molar-refractivity contribution in [3.8, 4) is 17.2 Å². The van der Waals surface area contributed by atoms with E-state index in [9.17, 15) is 14.4 Å². The molecule has 0 atom stereocenters. The molecule has 1 aliphatic rings. The molecule has 0 unspecified atom stereocenters. The van der Waals surface area contributed by atoms with Crippen molar-refractivity contribution in [1.82, 2.24) is 10.2 Å². The van der Waals surface area contributed by atoms with E-state index in [0.717, 1.165) is 18.6 Å². The van der Waals surface area contributed by atoms with Crippen LogP contribution in [0.5, 0.6) is 17.2 Å². The molecule has 3 rings (SSSR count). The summed E-state index contributed by atoms with van der Waals surface area (Å²) in [6.45, 7) is 6.22. The van der Waals surface area contributed by atoms with Gasteiger partial charge in [-0.25, -0.2) is 4.79 Å². The summed E-state index contributed by atoms with van der Waals surface area (Å²) in [4.78, 5) is 38.1. The highest BCUT2D eigenvalue weighted by Gasteiger charge is 2.23. The van der Waals surface area contributed by atoms with Crippen LogP contribution in [0.4, 0.5) is 4.79 Å². The maximum atomic E-state index is 12.5. The van der Waals surface area contributed by atoms with Crippen molar-refractivity contribution in [3.63, 3.8) is 0 Å². The van der Waals surface area contributed by atoms with Crippen LogP contribution in [-0.4, -0.2) is 62.3 Å². The summed E-state index contributed by atoms with van der Waals surface area (Å²) in [7, 11) is 0. The Morgan fingerprint density at radius 3 is 2.06 bits per heavy atom. The minimum Gasteiger partial charge on any atom is -0.494 e. The van der Waals surface area contributed by atoms with Crippen molar-refractivity contribution < 1.29 is 33.3 Å². The maximum Gasteiger partial charge on any atom is 0.513 e. The number of nitrogens with one attached hydrogen (secondary N) is 1. The molecule has 9 nitrogen and oxygen atoms in total. The van der Waals surface area contributed by atoms with Crippen LogP contribution in [-0.2, 0) is 9.53 Å². The number of ether oxygens (including phenoxy) is 4. The summed E-state index contributed by atoms with van der Waals surface area (Å²) in [5.74, 6) is 1.74. The number of likely N-dealkylation sites (tertiary alicyclic amines) is 1. The first-order chi connectivity index (χ1) is 17.0. The number of hydrogen-bond acceptors (Lipinski definition) is 7. The molecule has 188 valence electrons. The average Bonchev–Trinajstić information content (AvgIpc) is 2.88. The molecule has 9 heteroatoms. The standard InChI is InChI=1S/C26H32N2O7/c1-3-32-21-9-11-22(12-10-21)34-18-24(29)28-15-13-19(14-16-28)17-27-25(30)20-5-7-23(8-6-20)35-26(31)33-4-2/h5-12,19H,3-4,13-18H2,1-2H3,(H,27,30). The lowest BCUT2D eigenvalue weighted by Crippen LogP contribution is -2.43. The van der Waals surface area contributed by atoms with Crippen LogP contribution in [0.3, 0.4) is 0 Å². The molecule has 0 aliphatic carbocycles. The molecule has 0 radical (unpaired) electrons. The van der Waals surface area contributed by atoms with E-state index in [2.05, 4.69) is 5.32 Å². The number of benzene rings is 2. The van der Waals surface area contributed by atoms with Crippen molar-refractivity contribution in [1.29, 1.82) is 0 Å². The molecule has 0 saturated carbocycles. The first-order valence-electron chi connectivity index (χ1n) is 11.8. The van der Waals surface area contributed by atoms with E-state index in [-0.39, 0.29) is 25.0 Å². The van der Waals surface area contributed by atoms with Gasteiger partial charge < -0.3 is 29.2 Å². The number of carbonyl (C=O) groups excluding carboxylic acids is 3. The minimum atomic E-state index is -0.780. The molecule has 35 heavy (non-hydrogen) atoms. The van der Waals surface area contributed by atoms with E-state index in [1.165, 1.54) is 0 Å². The second-order valence-electron chi connectivity index (χ2n) is 8.04. The van der Waals surface area contributed by atoms with Gasteiger partial charge in [-0.05, 0) is 81.1 Å². The van der Waals surface area contributed by atoms with Crippen LogP contribution >= 0.6 is 0 Å². The van der Waals surface area contributed by atoms with Gasteiger partial charge in [0.25, 0.3) is 11.8 Å². The van der Waals surface area contributed by atoms with E-state index < -0.39 is 6.16 Å². The molecule has 1 saturated heterocycles. The number of carbonyl (C=O) groups is 3. The minimum absolute atomic E-state index is 0.00867. The van der Waals surface area contributed by atoms with Crippen molar-refractivity contribution in [2.24, 2.45) is 5.92 Å². The van der Waals surface area contributed by atoms with Gasteiger partial charge in [0.15, 0.2) is 6.61 Å². The molecule has 1 aliphatic heterocycles. The molecule has 1 heterocycles. The quantitative estimate of drug-likeness (QED) is 0.405. The van der Waals surface area contributed by atoms with Crippen LogP contribution in [0.25, 0.3) is 0 Å². The molecular weight excluding hydrogens is 452 g/mol. The van der Waals surface area contributed by atoms with E-state index in [1.54, 1.807) is 48.2 Å². The Hall–Kier alpha value is -3.75. The number of rotatable bonds is 10. The first kappa shape index (κ1) is 25.9. The summed E-state index contributed by atoms with van der Waals surface area (Å²) >= 11 is 0. The van der Waals surface area contributed by atoms with Gasteiger partial charge >= 0.3 is 6.16 Å². The van der Waals surface area contributed by atoms with Crippen LogP contribution in [0.2, 0.25) is 0 Å². The van der Waals surface area contributed by atoms with Gasteiger partial charge in [0.2, 0.25) is 0 Å². The lowest BCUT2D eigenvalue weighted by molar-refractivity contribution is -0.134. The van der Waals surface area contributed by atoms with Gasteiger partial charge in [-0.2, -0.15) is 0 Å². The van der Waals surface area contributed by atoms with Crippen LogP contribution in [0.1, 0.15) is 37.0 Å². The lowest BCUT2D eigenvalue weighted by atomic mass is 9.96. The van der Waals surface area contributed by atoms with Gasteiger partial charge in [-0.15, -0.1) is 0 Å². The van der Waals surface area contributed by atoms with Crippen LogP contribution in [0, 0.1) is 5.92 Å². The third-order valence-corrected chi connectivity index (χ3v) is 5.60. The Kier molecular flexibility index (Phi) is 9.77. The molecule has 1 N–H and O–H groups in total. The van der Waals surface area contributed by atoms with Crippen LogP contribution in [0.15, 0.2) is 48.5 Å². The summed E-state index contributed by atoms with van der Waals surface area (Å²) in [6, 6.07) is 13.5. The normalized spacial score (nSPS) is 13.6. The van der Waals surface area contributed by atoms with E-state index >= 15 is 0 Å². The molecule has 0 bridgehead atoms. The fraction of sp³-hybridized carbons (Fsp3) is 0.423. The van der Waals surface area contributed by atoms with Gasteiger partial charge in [0, 0.05) is 25.2 Å². The molecule has 0 aromatic heterocycles. The fourth-order valence-corrected chi connectivity index (χ4v) is 3.68. The zero-order chi connectivity index (χ0) is 25.0. The van der Waals surface area contributed by atoms with Crippen LogP contribution < -0.4 is 19.5 Å². The number of hydrogen-bond donors (Lipinski definition) is 1. The van der Waals surface area contributed by atoms with Gasteiger partial charge in [0.05, 0.1) is 13.2 Å². The third kappa shape index (κ3) is 8.20. The summed E-state index contributed by atoms with van der Waals surface area (Å²) in [5.41, 5.74) is 0.472. The van der Waals surface area contributed by atoms with Gasteiger partial charge in [-0.3, -0.25) is 9.59 Å². The molecular formula is C26H32N2O7. The van der Waals surface area contributed by atoms with E-state index in [4.69, 9.17) is 18.9 Å². The predicted octanol–water partition coefficient (Wildman–Crippen LogP) is 3.67. The van der Waals surface area contributed by atoms with Crippen molar-refractivity contribution in [2.45, 2.75) is 26.7 Å². The van der Waals surface area contributed by atoms with Gasteiger partial charge in [0.1, 0.15) is 17.2 Å². The molecule has 2 aromatic rings. The Bertz CT molecular complexity index is 968. The third-order valence-electron chi connectivity index (χ3n) is 5.60. The average molecular weight is 485 g/mol. The highest BCUT2D eigenvalue weighted by Crippen LogP contribution is 2.20. The number of nitrogens with zero attached hydrogens (tertiary/aromatic N) is 1. The monoisotopic (exact) mass is 484 g/mol. The SMILES string of the molecule is CCOC(=O)Oc1ccc(C(=O)NCC2CCN(C(=O)COc3ccc(OCC)cc3)CC2)cc1. The van der Waals surface area contributed by atoms with E-state index in [1.807, 2.05) is 19.1 Å². The zero-order valence-corrected chi connectivity index (χ0v) is 20.2. The molecule has 2 amide bonds. The maximum absolute atomic E-state index is 12.5. The zero-order valence-electron chi connectivity index (χ0n) is 20.2. The van der Waals surface area contributed by atoms with Crippen molar-refractivity contribution in [2.75, 3.05) is 39.5 Å². The second kappa shape index (κ2) is 13.2.